The molecule has 2 aromatic rings. The first kappa shape index (κ1) is 35.9. The van der Waals surface area contributed by atoms with Crippen LogP contribution in [0, 0.1) is 20.8 Å². The number of alkyl halides is 2. The number of anilines is 2. The normalized spacial score (nSPS) is 11.5. The highest BCUT2D eigenvalue weighted by molar-refractivity contribution is 14.1. The molecule has 20 heteroatoms. The van der Waals surface area contributed by atoms with Gasteiger partial charge in [-0.25, -0.2) is 9.59 Å². The Labute approximate surface area is 277 Å². The Morgan fingerprint density at radius 3 is 1.86 bits per heavy atom. The Kier molecular flexibility index (Phi) is 11.6. The van der Waals surface area contributed by atoms with Crippen LogP contribution in [0.4, 0.5) is 25.8 Å². The van der Waals surface area contributed by atoms with Crippen LogP contribution >= 0.6 is 67.8 Å². The zero-order valence-corrected chi connectivity index (χ0v) is 28.9. The van der Waals surface area contributed by atoms with Crippen LogP contribution in [0.15, 0.2) is 18.2 Å². The molecule has 228 valence electrons. The molecule has 0 aliphatic carbocycles. The molecule has 0 atom stereocenters. The number of halogens is 5. The fraction of sp³-hybridized carbons (Fsp3) is 0.273. The number of rotatable bonds is 9. The Hall–Kier alpha value is -2.32. The van der Waals surface area contributed by atoms with E-state index in [4.69, 9.17) is 9.29 Å². The van der Waals surface area contributed by atoms with Crippen LogP contribution in [0.2, 0.25) is 0 Å². The van der Waals surface area contributed by atoms with Crippen molar-refractivity contribution in [2.45, 2.75) is 19.1 Å². The third kappa shape index (κ3) is 7.60. The fourth-order valence-electron chi connectivity index (χ4n) is 3.08. The zero-order valence-electron chi connectivity index (χ0n) is 21.6. The molecule has 0 heterocycles. The molecule has 0 unspecified atom stereocenters. The smallest absolute Gasteiger partial charge is 0.402 e. The maximum absolute atomic E-state index is 13.5. The molecule has 2 aromatic carbocycles. The number of hydrogen-bond acceptors (Lipinski definition) is 10. The van der Waals surface area contributed by atoms with E-state index in [1.165, 1.54) is 37.7 Å². The molecule has 0 aromatic heterocycles. The van der Waals surface area contributed by atoms with E-state index in [1.807, 2.05) is 22.6 Å². The van der Waals surface area contributed by atoms with Gasteiger partial charge in [0.05, 0.1) is 32.6 Å². The molecular weight excluding hydrogens is 933 g/mol. The van der Waals surface area contributed by atoms with E-state index in [0.717, 1.165) is 6.07 Å². The average Bonchev–Trinajstić information content (AvgIpc) is 2.85. The van der Waals surface area contributed by atoms with Gasteiger partial charge in [-0.2, -0.15) is 17.2 Å². The highest BCUT2D eigenvalue weighted by atomic mass is 127. The standard InChI is InChI=1S/C22H18F2I3N3O11S/c1-9(31)28(3)18-15(25)14(16(26)19(17(18)27)29(4)10(2)32)21(34)41-11-5-6-13(30(35)36)12(7-11)20(33)40-8-22(23,24)42(37,38)39/h5-7H,8H2,1-4H3,(H,37,38,39). The van der Waals surface area contributed by atoms with Gasteiger partial charge < -0.3 is 19.3 Å². The summed E-state index contributed by atoms with van der Waals surface area (Å²) in [6.45, 7) is 0.392. The summed E-state index contributed by atoms with van der Waals surface area (Å²) in [5.74, 6) is -4.14. The zero-order chi connectivity index (χ0) is 32.5. The highest BCUT2D eigenvalue weighted by Gasteiger charge is 2.46. The molecule has 14 nitrogen and oxygen atoms in total. The largest absolute Gasteiger partial charge is 0.454 e. The number of carbonyl (C=O) groups is 4. The minimum absolute atomic E-state index is 0.113. The van der Waals surface area contributed by atoms with Crippen LogP contribution in [0.5, 0.6) is 5.75 Å². The lowest BCUT2D eigenvalue weighted by atomic mass is 10.1. The van der Waals surface area contributed by atoms with Gasteiger partial charge in [0.1, 0.15) is 11.3 Å². The van der Waals surface area contributed by atoms with E-state index in [2.05, 4.69) is 4.74 Å². The maximum atomic E-state index is 13.5. The summed E-state index contributed by atoms with van der Waals surface area (Å²) in [6.07, 6.45) is 0. The highest BCUT2D eigenvalue weighted by Crippen LogP contribution is 2.42. The lowest BCUT2D eigenvalue weighted by Crippen LogP contribution is -2.34. The number of nitro benzene ring substituents is 1. The summed E-state index contributed by atoms with van der Waals surface area (Å²) in [4.78, 5) is 63.1. The summed E-state index contributed by atoms with van der Waals surface area (Å²) in [7, 11) is -3.08. The lowest BCUT2D eigenvalue weighted by molar-refractivity contribution is -0.385. The predicted molar refractivity (Wildman–Crippen MR) is 168 cm³/mol. The van der Waals surface area contributed by atoms with Crippen LogP contribution in [-0.2, 0) is 24.4 Å². The van der Waals surface area contributed by atoms with E-state index in [9.17, 15) is 46.5 Å². The quantitative estimate of drug-likeness (QED) is 0.0946. The number of nitrogens with zero attached hydrogens (tertiary/aromatic N) is 3. The first-order valence-electron chi connectivity index (χ1n) is 10.9. The fourth-order valence-corrected chi connectivity index (χ4v) is 8.34. The summed E-state index contributed by atoms with van der Waals surface area (Å²) < 4.78 is 67.6. The van der Waals surface area contributed by atoms with Crippen molar-refractivity contribution in [2.24, 2.45) is 0 Å². The average molecular weight is 951 g/mol. The minimum Gasteiger partial charge on any atom is -0.454 e. The van der Waals surface area contributed by atoms with Gasteiger partial charge in [0, 0.05) is 40.1 Å². The number of hydrogen-bond donors (Lipinski definition) is 1. The van der Waals surface area contributed by atoms with E-state index in [0.29, 0.717) is 15.7 Å². The molecule has 1 N–H and O–H groups in total. The summed E-state index contributed by atoms with van der Waals surface area (Å²) >= 11 is 5.52. The second-order valence-corrected chi connectivity index (χ2v) is 13.0. The Bertz CT molecular complexity index is 1570. The number of amides is 2. The van der Waals surface area contributed by atoms with Crippen molar-refractivity contribution in [3.8, 4) is 5.75 Å². The Balaban J connectivity index is 2.64. The van der Waals surface area contributed by atoms with E-state index >= 15 is 0 Å². The second-order valence-electron chi connectivity index (χ2n) is 8.18. The summed E-state index contributed by atoms with van der Waals surface area (Å²) in [5.41, 5.74) is -1.50. The molecule has 0 saturated heterocycles. The van der Waals surface area contributed by atoms with Crippen molar-refractivity contribution < 1.29 is 55.3 Å². The second kappa shape index (κ2) is 13.5. The van der Waals surface area contributed by atoms with Gasteiger partial charge in [0.2, 0.25) is 11.8 Å². The molecular formula is C22H18F2I3N3O11S. The van der Waals surface area contributed by atoms with E-state index < -0.39 is 67.7 Å². The number of benzene rings is 2. The molecule has 0 radical (unpaired) electrons. The van der Waals surface area contributed by atoms with Crippen LogP contribution < -0.4 is 14.5 Å². The molecule has 2 amide bonds. The van der Waals surface area contributed by atoms with Gasteiger partial charge in [-0.15, -0.1) is 0 Å². The third-order valence-corrected chi connectivity index (χ3v) is 9.43. The third-order valence-electron chi connectivity index (χ3n) is 5.43. The van der Waals surface area contributed by atoms with Crippen LogP contribution in [-0.4, -0.2) is 67.6 Å². The molecule has 0 bridgehead atoms. The molecule has 0 aliphatic rings. The number of ether oxygens (including phenoxy) is 2. The molecule has 0 spiro atoms. The Morgan fingerprint density at radius 2 is 1.45 bits per heavy atom. The van der Waals surface area contributed by atoms with Crippen LogP contribution in [0.25, 0.3) is 0 Å². The molecule has 0 saturated carbocycles. The van der Waals surface area contributed by atoms with Gasteiger partial charge in [0.15, 0.2) is 6.61 Å². The number of carbonyl (C=O) groups excluding carboxylic acids is 4. The Morgan fingerprint density at radius 1 is 0.976 bits per heavy atom. The lowest BCUT2D eigenvalue weighted by Gasteiger charge is -2.27. The minimum atomic E-state index is -5.97. The molecule has 0 aliphatic heterocycles. The van der Waals surface area contributed by atoms with Gasteiger partial charge in [0.25, 0.3) is 5.69 Å². The molecule has 2 rings (SSSR count). The van der Waals surface area contributed by atoms with Gasteiger partial charge in [-0.05, 0) is 73.8 Å². The van der Waals surface area contributed by atoms with Crippen molar-refractivity contribution in [2.75, 3.05) is 30.5 Å². The van der Waals surface area contributed by atoms with Crippen molar-refractivity contribution in [3.63, 3.8) is 0 Å². The van der Waals surface area contributed by atoms with Gasteiger partial charge >= 0.3 is 27.3 Å². The topological polar surface area (TPSA) is 191 Å². The number of nitro groups is 1. The maximum Gasteiger partial charge on any atom is 0.402 e. The SMILES string of the molecule is CC(=O)N(C)c1c(I)c(C(=O)Oc2ccc([N+](=O)[O-])c(C(=O)OCC(F)(F)S(=O)(=O)O)c2)c(I)c(N(C)C(C)=O)c1I. The van der Waals surface area contributed by atoms with Crippen molar-refractivity contribution in [1.29, 1.82) is 0 Å². The number of esters is 2. The first-order valence-corrected chi connectivity index (χ1v) is 15.5. The first-order chi connectivity index (χ1) is 19.1. The van der Waals surface area contributed by atoms with Gasteiger partial charge in [-0.3, -0.25) is 24.3 Å². The van der Waals surface area contributed by atoms with Crippen molar-refractivity contribution >= 4 is 119 Å². The molecule has 0 fully saturated rings. The predicted octanol–water partition coefficient (Wildman–Crippen LogP) is 4.23. The summed E-state index contributed by atoms with van der Waals surface area (Å²) in [6, 6.07) is 2.28. The van der Waals surface area contributed by atoms with Crippen LogP contribution in [0.3, 0.4) is 0 Å². The monoisotopic (exact) mass is 951 g/mol. The summed E-state index contributed by atoms with van der Waals surface area (Å²) in [5, 5.41) is 6.51. The van der Waals surface area contributed by atoms with E-state index in [-0.39, 0.29) is 24.1 Å². The van der Waals surface area contributed by atoms with Crippen molar-refractivity contribution in [1.82, 2.24) is 0 Å². The van der Waals surface area contributed by atoms with Gasteiger partial charge in [-0.1, -0.05) is 0 Å². The van der Waals surface area contributed by atoms with E-state index in [1.54, 1.807) is 45.2 Å². The van der Waals surface area contributed by atoms with Crippen molar-refractivity contribution in [3.05, 3.63) is 50.2 Å². The van der Waals surface area contributed by atoms with Crippen LogP contribution in [0.1, 0.15) is 34.6 Å². The molecule has 42 heavy (non-hydrogen) atoms.